The van der Waals surface area contributed by atoms with Gasteiger partial charge in [0.05, 0.1) is 6.54 Å². The highest BCUT2D eigenvalue weighted by Crippen LogP contribution is 2.20. The molecular formula is C11H13BrN4S. The van der Waals surface area contributed by atoms with E-state index < -0.39 is 0 Å². The quantitative estimate of drug-likeness (QED) is 0.909. The molecule has 2 rings (SSSR count). The van der Waals surface area contributed by atoms with Crippen molar-refractivity contribution in [2.75, 3.05) is 17.7 Å². The molecule has 0 aromatic carbocycles. The van der Waals surface area contributed by atoms with Gasteiger partial charge in [0.15, 0.2) is 0 Å². The van der Waals surface area contributed by atoms with Gasteiger partial charge in [0.1, 0.15) is 5.82 Å². The fourth-order valence-electron chi connectivity index (χ4n) is 1.40. The van der Waals surface area contributed by atoms with Crippen LogP contribution in [0, 0.1) is 6.92 Å². The third-order valence-electron chi connectivity index (χ3n) is 2.14. The minimum absolute atomic E-state index is 0.639. The first-order valence-electron chi connectivity index (χ1n) is 5.17. The van der Waals surface area contributed by atoms with Crippen molar-refractivity contribution in [3.63, 3.8) is 0 Å². The average molecular weight is 313 g/mol. The maximum atomic E-state index is 4.33. The van der Waals surface area contributed by atoms with Crippen LogP contribution in [-0.4, -0.2) is 17.0 Å². The second-order valence-electron chi connectivity index (χ2n) is 3.55. The lowest BCUT2D eigenvalue weighted by Gasteiger charge is -2.07. The van der Waals surface area contributed by atoms with Gasteiger partial charge in [-0.25, -0.2) is 4.98 Å². The van der Waals surface area contributed by atoms with Crippen LogP contribution in [-0.2, 0) is 6.54 Å². The summed E-state index contributed by atoms with van der Waals surface area (Å²) >= 11 is 5.15. The maximum absolute atomic E-state index is 4.33. The molecule has 0 saturated heterocycles. The first-order chi connectivity index (χ1) is 8.17. The zero-order valence-corrected chi connectivity index (χ0v) is 12.0. The van der Waals surface area contributed by atoms with Crippen molar-refractivity contribution in [3.8, 4) is 0 Å². The Morgan fingerprint density at radius 2 is 2.18 bits per heavy atom. The summed E-state index contributed by atoms with van der Waals surface area (Å²) in [6, 6.07) is 4.04. The normalized spacial score (nSPS) is 10.3. The molecule has 0 aliphatic carbocycles. The fourth-order valence-corrected chi connectivity index (χ4v) is 2.79. The number of aryl methyl sites for hydroxylation is 1. The minimum atomic E-state index is 0.639. The first kappa shape index (κ1) is 12.3. The van der Waals surface area contributed by atoms with Crippen molar-refractivity contribution in [2.24, 2.45) is 0 Å². The van der Waals surface area contributed by atoms with Crippen LogP contribution in [0.25, 0.3) is 0 Å². The molecule has 0 aliphatic heterocycles. The predicted octanol–water partition coefficient (Wildman–Crippen LogP) is 3.26. The van der Waals surface area contributed by atoms with Gasteiger partial charge in [0.2, 0.25) is 5.95 Å². The van der Waals surface area contributed by atoms with E-state index in [0.717, 1.165) is 22.5 Å². The standard InChI is InChI=1S/C11H13BrN4S/c1-7-3-10(16-11(13-2)15-7)14-5-9-4-8(12)6-17-9/h3-4,6H,5H2,1-2H3,(H2,13,14,15,16). The Labute approximate surface area is 113 Å². The number of nitrogens with zero attached hydrogens (tertiary/aromatic N) is 2. The van der Waals surface area contributed by atoms with Gasteiger partial charge in [-0.2, -0.15) is 4.98 Å². The van der Waals surface area contributed by atoms with E-state index in [2.05, 4.69) is 48.0 Å². The van der Waals surface area contributed by atoms with Crippen molar-refractivity contribution in [2.45, 2.75) is 13.5 Å². The van der Waals surface area contributed by atoms with Crippen LogP contribution in [0.2, 0.25) is 0 Å². The molecule has 0 atom stereocenters. The smallest absolute Gasteiger partial charge is 0.224 e. The molecule has 0 saturated carbocycles. The van der Waals surface area contributed by atoms with Gasteiger partial charge in [-0.1, -0.05) is 0 Å². The average Bonchev–Trinajstić information content (AvgIpc) is 2.72. The number of hydrogen-bond acceptors (Lipinski definition) is 5. The molecular weight excluding hydrogens is 300 g/mol. The number of rotatable bonds is 4. The van der Waals surface area contributed by atoms with E-state index in [1.165, 1.54) is 4.88 Å². The molecule has 0 bridgehead atoms. The summed E-state index contributed by atoms with van der Waals surface area (Å²) in [5, 5.41) is 8.30. The maximum Gasteiger partial charge on any atom is 0.224 e. The van der Waals surface area contributed by atoms with E-state index in [-0.39, 0.29) is 0 Å². The Morgan fingerprint density at radius 3 is 2.82 bits per heavy atom. The molecule has 6 heteroatoms. The zero-order chi connectivity index (χ0) is 12.3. The van der Waals surface area contributed by atoms with Crippen molar-refractivity contribution in [3.05, 3.63) is 32.6 Å². The lowest BCUT2D eigenvalue weighted by atomic mass is 10.4. The van der Waals surface area contributed by atoms with E-state index >= 15 is 0 Å². The van der Waals surface area contributed by atoms with Gasteiger partial charge in [0, 0.05) is 33.5 Å². The Balaban J connectivity index is 2.05. The van der Waals surface area contributed by atoms with Crippen LogP contribution >= 0.6 is 27.3 Å². The van der Waals surface area contributed by atoms with Crippen molar-refractivity contribution >= 4 is 39.0 Å². The molecule has 2 heterocycles. The van der Waals surface area contributed by atoms with Gasteiger partial charge in [0.25, 0.3) is 0 Å². The highest BCUT2D eigenvalue weighted by Gasteiger charge is 2.02. The molecule has 0 amide bonds. The van der Waals surface area contributed by atoms with Crippen LogP contribution in [0.3, 0.4) is 0 Å². The Morgan fingerprint density at radius 1 is 1.35 bits per heavy atom. The van der Waals surface area contributed by atoms with Gasteiger partial charge >= 0.3 is 0 Å². The van der Waals surface area contributed by atoms with Crippen LogP contribution in [0.15, 0.2) is 22.0 Å². The molecule has 0 fully saturated rings. The summed E-state index contributed by atoms with van der Waals surface area (Å²) in [4.78, 5) is 9.84. The number of aromatic nitrogens is 2. The molecule has 2 aromatic rings. The molecule has 17 heavy (non-hydrogen) atoms. The van der Waals surface area contributed by atoms with Gasteiger partial charge in [-0.15, -0.1) is 11.3 Å². The predicted molar refractivity (Wildman–Crippen MR) is 75.7 cm³/mol. The fraction of sp³-hybridized carbons (Fsp3) is 0.273. The first-order valence-corrected chi connectivity index (χ1v) is 6.85. The van der Waals surface area contributed by atoms with E-state index in [9.17, 15) is 0 Å². The Kier molecular flexibility index (Phi) is 3.96. The number of halogens is 1. The minimum Gasteiger partial charge on any atom is -0.365 e. The van der Waals surface area contributed by atoms with Gasteiger partial charge < -0.3 is 10.6 Å². The second kappa shape index (κ2) is 5.46. The van der Waals surface area contributed by atoms with Crippen LogP contribution in [0.4, 0.5) is 11.8 Å². The summed E-state index contributed by atoms with van der Waals surface area (Å²) in [7, 11) is 1.81. The number of thiophene rings is 1. The summed E-state index contributed by atoms with van der Waals surface area (Å²) < 4.78 is 1.12. The van der Waals surface area contributed by atoms with E-state index in [1.54, 1.807) is 11.3 Å². The zero-order valence-electron chi connectivity index (χ0n) is 9.62. The molecule has 2 N–H and O–H groups in total. The summed E-state index contributed by atoms with van der Waals surface area (Å²) in [5.74, 6) is 1.48. The molecule has 2 aromatic heterocycles. The summed E-state index contributed by atoms with van der Waals surface area (Å²) in [6.07, 6.45) is 0. The van der Waals surface area contributed by atoms with Crippen LogP contribution < -0.4 is 10.6 Å². The van der Waals surface area contributed by atoms with Crippen molar-refractivity contribution < 1.29 is 0 Å². The highest BCUT2D eigenvalue weighted by molar-refractivity contribution is 9.10. The SMILES string of the molecule is CNc1nc(C)cc(NCc2cc(Br)cs2)n1. The topological polar surface area (TPSA) is 49.8 Å². The van der Waals surface area contributed by atoms with Crippen LogP contribution in [0.1, 0.15) is 10.6 Å². The molecule has 0 unspecified atom stereocenters. The second-order valence-corrected chi connectivity index (χ2v) is 5.46. The van der Waals surface area contributed by atoms with Crippen molar-refractivity contribution in [1.82, 2.24) is 9.97 Å². The molecule has 0 radical (unpaired) electrons. The molecule has 0 aliphatic rings. The van der Waals surface area contributed by atoms with Gasteiger partial charge in [-0.3, -0.25) is 0 Å². The third-order valence-corrected chi connectivity index (χ3v) is 3.84. The Hall–Kier alpha value is -1.14. The molecule has 90 valence electrons. The lowest BCUT2D eigenvalue weighted by Crippen LogP contribution is -2.04. The molecule has 4 nitrogen and oxygen atoms in total. The van der Waals surface area contributed by atoms with E-state index in [4.69, 9.17) is 0 Å². The van der Waals surface area contributed by atoms with E-state index in [1.807, 2.05) is 20.0 Å². The number of hydrogen-bond donors (Lipinski definition) is 2. The van der Waals surface area contributed by atoms with E-state index in [0.29, 0.717) is 5.95 Å². The van der Waals surface area contributed by atoms with Crippen molar-refractivity contribution in [1.29, 1.82) is 0 Å². The summed E-state index contributed by atoms with van der Waals surface area (Å²) in [5.41, 5.74) is 0.944. The highest BCUT2D eigenvalue weighted by atomic mass is 79.9. The largest absolute Gasteiger partial charge is 0.365 e. The monoisotopic (exact) mass is 312 g/mol. The number of nitrogens with one attached hydrogen (secondary N) is 2. The number of anilines is 2. The lowest BCUT2D eigenvalue weighted by molar-refractivity contribution is 1.06. The summed E-state index contributed by atoms with van der Waals surface area (Å²) in [6.45, 7) is 2.73. The third kappa shape index (κ3) is 3.41. The van der Waals surface area contributed by atoms with Crippen LogP contribution in [0.5, 0.6) is 0 Å². The Bertz CT molecular complexity index is 512. The van der Waals surface area contributed by atoms with Gasteiger partial charge in [-0.05, 0) is 28.9 Å². The molecule has 0 spiro atoms.